The molecule has 9 heteroatoms. The second-order valence-electron chi connectivity index (χ2n) is 3.92. The number of aromatic nitrogens is 2. The summed E-state index contributed by atoms with van der Waals surface area (Å²) in [7, 11) is 0. The fraction of sp³-hybridized carbons (Fsp3) is 0.500. The van der Waals surface area contributed by atoms with Crippen LogP contribution in [0.5, 0.6) is 5.75 Å². The molecule has 0 aliphatic carbocycles. The van der Waals surface area contributed by atoms with E-state index >= 15 is 0 Å². The summed E-state index contributed by atoms with van der Waals surface area (Å²) >= 11 is 0. The molecule has 0 bridgehead atoms. The van der Waals surface area contributed by atoms with Gasteiger partial charge in [-0.05, 0) is 0 Å². The van der Waals surface area contributed by atoms with E-state index in [0.29, 0.717) is 37.9 Å². The average molecular weight is 267 g/mol. The van der Waals surface area contributed by atoms with Crippen LogP contribution in [-0.2, 0) is 4.79 Å². The van der Waals surface area contributed by atoms with E-state index in [0.717, 1.165) is 0 Å². The van der Waals surface area contributed by atoms with Crippen molar-refractivity contribution in [3.8, 4) is 5.75 Å². The van der Waals surface area contributed by atoms with Gasteiger partial charge in [-0.25, -0.2) is 14.8 Å². The Kier molecular flexibility index (Phi) is 4.06. The second-order valence-corrected chi connectivity index (χ2v) is 3.92. The van der Waals surface area contributed by atoms with Crippen molar-refractivity contribution in [3.63, 3.8) is 0 Å². The SMILES string of the molecule is O=NN1CCN(c2ncc(OCC(=O)O)cn2)CC1. The van der Waals surface area contributed by atoms with Gasteiger partial charge in [0.1, 0.15) is 0 Å². The first-order valence-corrected chi connectivity index (χ1v) is 5.69. The van der Waals surface area contributed by atoms with Crippen molar-refractivity contribution >= 4 is 11.9 Å². The maximum Gasteiger partial charge on any atom is 0.341 e. The van der Waals surface area contributed by atoms with E-state index in [2.05, 4.69) is 15.3 Å². The van der Waals surface area contributed by atoms with Crippen LogP contribution in [0, 0.1) is 4.91 Å². The van der Waals surface area contributed by atoms with Crippen molar-refractivity contribution in [2.24, 2.45) is 5.29 Å². The molecule has 0 spiro atoms. The van der Waals surface area contributed by atoms with Crippen molar-refractivity contribution < 1.29 is 14.6 Å². The number of hydrogen-bond acceptors (Lipinski definition) is 7. The first-order valence-electron chi connectivity index (χ1n) is 5.69. The van der Waals surface area contributed by atoms with Gasteiger partial charge in [0.25, 0.3) is 0 Å². The summed E-state index contributed by atoms with van der Waals surface area (Å²) in [4.78, 5) is 30.8. The molecule has 1 aliphatic heterocycles. The largest absolute Gasteiger partial charge is 0.479 e. The maximum atomic E-state index is 10.3. The van der Waals surface area contributed by atoms with E-state index in [-0.39, 0.29) is 0 Å². The Hall–Kier alpha value is -2.45. The van der Waals surface area contributed by atoms with E-state index in [1.165, 1.54) is 17.4 Å². The minimum Gasteiger partial charge on any atom is -0.479 e. The molecule has 1 saturated heterocycles. The molecule has 0 radical (unpaired) electrons. The summed E-state index contributed by atoms with van der Waals surface area (Å²) < 4.78 is 4.94. The summed E-state index contributed by atoms with van der Waals surface area (Å²) in [5, 5.41) is 12.8. The molecule has 0 unspecified atom stereocenters. The molecule has 102 valence electrons. The van der Waals surface area contributed by atoms with Crippen LogP contribution in [0.3, 0.4) is 0 Å². The molecular formula is C10H13N5O4. The fourth-order valence-corrected chi connectivity index (χ4v) is 1.67. The fourth-order valence-electron chi connectivity index (χ4n) is 1.67. The third-order valence-corrected chi connectivity index (χ3v) is 2.63. The molecule has 1 aromatic heterocycles. The van der Waals surface area contributed by atoms with Gasteiger partial charge < -0.3 is 14.7 Å². The van der Waals surface area contributed by atoms with Crippen molar-refractivity contribution in [2.75, 3.05) is 37.7 Å². The summed E-state index contributed by atoms with van der Waals surface area (Å²) in [5.74, 6) is -0.228. The van der Waals surface area contributed by atoms with Crippen LogP contribution in [-0.4, -0.2) is 58.8 Å². The Morgan fingerprint density at radius 3 is 2.47 bits per heavy atom. The lowest BCUT2D eigenvalue weighted by molar-refractivity contribution is -0.139. The van der Waals surface area contributed by atoms with Crippen molar-refractivity contribution in [3.05, 3.63) is 17.3 Å². The zero-order valence-electron chi connectivity index (χ0n) is 10.1. The molecule has 2 heterocycles. The number of nitroso groups, excluding NO2 is 1. The molecule has 19 heavy (non-hydrogen) atoms. The molecule has 1 fully saturated rings. The van der Waals surface area contributed by atoms with Crippen LogP contribution >= 0.6 is 0 Å². The van der Waals surface area contributed by atoms with E-state index in [1.807, 2.05) is 4.90 Å². The maximum absolute atomic E-state index is 10.3. The van der Waals surface area contributed by atoms with Crippen LogP contribution in [0.4, 0.5) is 5.95 Å². The number of rotatable bonds is 5. The summed E-state index contributed by atoms with van der Waals surface area (Å²) in [6.07, 6.45) is 2.85. The molecule has 1 aliphatic rings. The molecule has 0 amide bonds. The van der Waals surface area contributed by atoms with E-state index < -0.39 is 12.6 Å². The number of ether oxygens (including phenoxy) is 1. The number of carbonyl (C=O) groups is 1. The zero-order valence-corrected chi connectivity index (χ0v) is 10.1. The van der Waals surface area contributed by atoms with Crippen molar-refractivity contribution in [1.29, 1.82) is 0 Å². The molecule has 0 atom stereocenters. The normalized spacial score (nSPS) is 15.2. The van der Waals surface area contributed by atoms with Gasteiger partial charge in [0.15, 0.2) is 12.4 Å². The summed E-state index contributed by atoms with van der Waals surface area (Å²) in [6.45, 7) is 1.86. The monoisotopic (exact) mass is 267 g/mol. The van der Waals surface area contributed by atoms with E-state index in [4.69, 9.17) is 9.84 Å². The predicted octanol–water partition coefficient (Wildman–Crippen LogP) is -0.257. The lowest BCUT2D eigenvalue weighted by Gasteiger charge is -2.31. The Morgan fingerprint density at radius 2 is 1.95 bits per heavy atom. The van der Waals surface area contributed by atoms with Crippen LogP contribution in [0.2, 0.25) is 0 Å². The van der Waals surface area contributed by atoms with Gasteiger partial charge in [-0.3, -0.25) is 5.01 Å². The summed E-state index contributed by atoms with van der Waals surface area (Å²) in [5.41, 5.74) is 0. The van der Waals surface area contributed by atoms with Gasteiger partial charge in [-0.1, -0.05) is 0 Å². The van der Waals surface area contributed by atoms with Crippen LogP contribution < -0.4 is 9.64 Å². The minimum atomic E-state index is -1.05. The lowest BCUT2D eigenvalue weighted by Crippen LogP contribution is -2.44. The van der Waals surface area contributed by atoms with Gasteiger partial charge in [0.05, 0.1) is 30.8 Å². The van der Waals surface area contributed by atoms with E-state index in [1.54, 1.807) is 0 Å². The predicted molar refractivity (Wildman–Crippen MR) is 64.7 cm³/mol. The molecule has 0 aromatic carbocycles. The number of anilines is 1. The minimum absolute atomic E-state index is 0.305. The number of carboxylic acids is 1. The standard InChI is InChI=1S/C10H13N5O4/c16-9(17)7-19-8-5-11-10(12-6-8)14-1-3-15(13-18)4-2-14/h5-6H,1-4,7H2,(H,16,17). The Bertz CT molecular complexity index is 444. The third-order valence-electron chi connectivity index (χ3n) is 2.63. The number of carboxylic acid groups (broad SMARTS) is 1. The highest BCUT2D eigenvalue weighted by Crippen LogP contribution is 2.14. The van der Waals surface area contributed by atoms with Gasteiger partial charge in [-0.15, -0.1) is 4.91 Å². The molecule has 0 saturated carbocycles. The first-order chi connectivity index (χ1) is 9.19. The van der Waals surface area contributed by atoms with Crippen LogP contribution in [0.25, 0.3) is 0 Å². The van der Waals surface area contributed by atoms with Gasteiger partial charge >= 0.3 is 5.97 Å². The molecule has 1 N–H and O–H groups in total. The van der Waals surface area contributed by atoms with Gasteiger partial charge in [0, 0.05) is 13.1 Å². The molecule has 2 rings (SSSR count). The average Bonchev–Trinajstić information content (AvgIpc) is 2.46. The quantitative estimate of drug-likeness (QED) is 0.727. The van der Waals surface area contributed by atoms with Crippen LogP contribution in [0.1, 0.15) is 0 Å². The second kappa shape index (κ2) is 5.94. The topological polar surface area (TPSA) is 108 Å². The highest BCUT2D eigenvalue weighted by molar-refractivity contribution is 5.68. The number of hydrogen-bond donors (Lipinski definition) is 1. The van der Waals surface area contributed by atoms with Gasteiger partial charge in [0.2, 0.25) is 5.95 Å². The third kappa shape index (κ3) is 3.50. The number of piperazine rings is 1. The number of aliphatic carboxylic acids is 1. The highest BCUT2D eigenvalue weighted by Gasteiger charge is 2.18. The first kappa shape index (κ1) is 13.0. The number of nitrogens with zero attached hydrogens (tertiary/aromatic N) is 5. The zero-order chi connectivity index (χ0) is 13.7. The Morgan fingerprint density at radius 1 is 1.32 bits per heavy atom. The highest BCUT2D eigenvalue weighted by atomic mass is 16.5. The molecular weight excluding hydrogens is 254 g/mol. The smallest absolute Gasteiger partial charge is 0.341 e. The van der Waals surface area contributed by atoms with E-state index in [9.17, 15) is 9.70 Å². The molecule has 9 nitrogen and oxygen atoms in total. The van der Waals surface area contributed by atoms with Crippen LogP contribution in [0.15, 0.2) is 17.7 Å². The van der Waals surface area contributed by atoms with Crippen molar-refractivity contribution in [1.82, 2.24) is 15.0 Å². The van der Waals surface area contributed by atoms with Gasteiger partial charge in [-0.2, -0.15) is 0 Å². The molecule has 1 aromatic rings. The van der Waals surface area contributed by atoms with Crippen molar-refractivity contribution in [2.45, 2.75) is 0 Å². The Balaban J connectivity index is 1.91. The Labute approximate surface area is 108 Å². The summed E-state index contributed by atoms with van der Waals surface area (Å²) in [6, 6.07) is 0. The lowest BCUT2D eigenvalue weighted by atomic mass is 10.4.